The van der Waals surface area contributed by atoms with Gasteiger partial charge in [0, 0.05) is 39.8 Å². The van der Waals surface area contributed by atoms with Crippen molar-refractivity contribution in [1.29, 1.82) is 0 Å². The molecule has 7 heteroatoms. The number of likely N-dealkylation sites (N-methyl/N-ethyl adjacent to an activating group) is 1. The van der Waals surface area contributed by atoms with Crippen molar-refractivity contribution in [2.75, 3.05) is 25.1 Å². The van der Waals surface area contributed by atoms with E-state index in [0.29, 0.717) is 0 Å². The Morgan fingerprint density at radius 2 is 1.16 bits per heavy atom. The zero-order valence-corrected chi connectivity index (χ0v) is 32.7. The third kappa shape index (κ3) is 9.91. The Balaban J connectivity index is 0.000000233. The summed E-state index contributed by atoms with van der Waals surface area (Å²) in [6, 6.07) is 14.8. The first-order valence-corrected chi connectivity index (χ1v) is 15.4. The van der Waals surface area contributed by atoms with E-state index in [2.05, 4.69) is 115 Å². The summed E-state index contributed by atoms with van der Waals surface area (Å²) < 4.78 is 39.8. The van der Waals surface area contributed by atoms with Gasteiger partial charge >= 0.3 is 6.29 Å². The standard InChI is InChI=1S/C14H21.C13H19NO.C11H12F2O2.Y/c1-9-8-10(2)12(4)13(11(9)3)14(5,6)7;1-13(2,3)10-5-6-11-12(9-10)15-8-7-14(11)4;1-10(2,3)7-4-5-8-9(6-7)15-11(12,13)14-8;/h1-7H3;5-6,9H,7-8H2,1-4H3;4-6H,1-3H3;/q-1;;;. The van der Waals surface area contributed by atoms with Crippen molar-refractivity contribution in [1.82, 2.24) is 0 Å². The van der Waals surface area contributed by atoms with Crippen LogP contribution in [-0.2, 0) is 49.0 Å². The predicted octanol–water partition coefficient (Wildman–Crippen LogP) is 10.1. The normalized spacial score (nSPS) is 15.0. The number of fused-ring (bicyclic) bond motifs is 2. The van der Waals surface area contributed by atoms with Crippen LogP contribution < -0.4 is 19.1 Å². The molecule has 0 N–H and O–H groups in total. The molecule has 0 spiro atoms. The number of rotatable bonds is 0. The van der Waals surface area contributed by atoms with E-state index in [1.54, 1.807) is 12.1 Å². The van der Waals surface area contributed by atoms with Crippen LogP contribution in [0.1, 0.15) is 101 Å². The maximum Gasteiger partial charge on any atom is 0.586 e. The van der Waals surface area contributed by atoms with Crippen LogP contribution in [0, 0.1) is 33.8 Å². The molecule has 0 saturated carbocycles. The zero-order valence-electron chi connectivity index (χ0n) is 29.9. The number of anilines is 1. The third-order valence-electron chi connectivity index (χ3n) is 8.19. The molecule has 0 aliphatic carbocycles. The van der Waals surface area contributed by atoms with Crippen molar-refractivity contribution in [2.24, 2.45) is 0 Å². The maximum absolute atomic E-state index is 12.7. The summed E-state index contributed by atoms with van der Waals surface area (Å²) in [4.78, 5) is 2.24. The fourth-order valence-electron chi connectivity index (χ4n) is 5.49. The number of nitrogens with zero attached hydrogens (tertiary/aromatic N) is 1. The summed E-state index contributed by atoms with van der Waals surface area (Å²) in [5.41, 5.74) is 10.7. The van der Waals surface area contributed by atoms with Crippen molar-refractivity contribution in [3.8, 4) is 17.2 Å². The first-order valence-electron chi connectivity index (χ1n) is 15.4. The molecule has 2 aliphatic heterocycles. The van der Waals surface area contributed by atoms with Gasteiger partial charge in [0.05, 0.1) is 12.2 Å². The van der Waals surface area contributed by atoms with Gasteiger partial charge in [-0.1, -0.05) is 102 Å². The average molecular weight is 698 g/mol. The average Bonchev–Trinajstić information content (AvgIpc) is 3.19. The zero-order chi connectivity index (χ0) is 33.4. The van der Waals surface area contributed by atoms with Gasteiger partial charge in [-0.05, 0) is 51.6 Å². The van der Waals surface area contributed by atoms with Gasteiger partial charge in [0.25, 0.3) is 0 Å². The fourth-order valence-corrected chi connectivity index (χ4v) is 5.49. The van der Waals surface area contributed by atoms with Gasteiger partial charge in [0.15, 0.2) is 11.5 Å². The molecule has 245 valence electrons. The molecule has 0 aromatic heterocycles. The quantitative estimate of drug-likeness (QED) is 0.219. The molecule has 0 fully saturated rings. The molecule has 4 nitrogen and oxygen atoms in total. The summed E-state index contributed by atoms with van der Waals surface area (Å²) in [5, 5.41) is 0. The smallest absolute Gasteiger partial charge is 0.490 e. The Morgan fingerprint density at radius 1 is 0.689 bits per heavy atom. The first-order chi connectivity index (χ1) is 20.0. The van der Waals surface area contributed by atoms with E-state index in [4.69, 9.17) is 4.74 Å². The van der Waals surface area contributed by atoms with Crippen molar-refractivity contribution >= 4 is 5.69 Å². The number of halogens is 2. The fraction of sp³-hybridized carbons (Fsp3) is 0.526. The largest absolute Gasteiger partial charge is 0.586 e. The second-order valence-electron chi connectivity index (χ2n) is 15.0. The van der Waals surface area contributed by atoms with Gasteiger partial charge in [-0.15, -0.1) is 14.3 Å². The monoisotopic (exact) mass is 697 g/mol. The molecule has 0 saturated heterocycles. The van der Waals surface area contributed by atoms with Crippen LogP contribution in [0.3, 0.4) is 0 Å². The second-order valence-corrected chi connectivity index (χ2v) is 15.0. The first kappa shape index (κ1) is 39.0. The summed E-state index contributed by atoms with van der Waals surface area (Å²) in [5.74, 6) is 1.22. The minimum absolute atomic E-state index is 0. The van der Waals surface area contributed by atoms with E-state index in [1.165, 1.54) is 45.1 Å². The number of aryl methyl sites for hydroxylation is 2. The van der Waals surface area contributed by atoms with E-state index in [9.17, 15) is 8.78 Å². The van der Waals surface area contributed by atoms with E-state index in [1.807, 2.05) is 20.8 Å². The number of hydrogen-bond acceptors (Lipinski definition) is 4. The van der Waals surface area contributed by atoms with E-state index in [0.717, 1.165) is 24.5 Å². The van der Waals surface area contributed by atoms with Gasteiger partial charge < -0.3 is 19.1 Å². The van der Waals surface area contributed by atoms with Gasteiger partial charge in [0.2, 0.25) is 0 Å². The number of benzene rings is 3. The van der Waals surface area contributed by atoms with Crippen LogP contribution in [-0.4, -0.2) is 26.5 Å². The molecule has 0 atom stereocenters. The molecular weight excluding hydrogens is 645 g/mol. The summed E-state index contributed by atoms with van der Waals surface area (Å²) in [7, 11) is 2.11. The van der Waals surface area contributed by atoms with Crippen LogP contribution in [0.2, 0.25) is 0 Å². The number of alkyl halides is 2. The van der Waals surface area contributed by atoms with Crippen LogP contribution in [0.25, 0.3) is 0 Å². The summed E-state index contributed by atoms with van der Waals surface area (Å²) in [6.45, 7) is 30.0. The molecule has 0 bridgehead atoms. The molecule has 45 heavy (non-hydrogen) atoms. The van der Waals surface area contributed by atoms with Crippen LogP contribution in [0.4, 0.5) is 14.5 Å². The molecular formula is C38H52F2NO3Y-. The van der Waals surface area contributed by atoms with Gasteiger partial charge in [-0.2, -0.15) is 28.3 Å². The van der Waals surface area contributed by atoms with Crippen molar-refractivity contribution in [3.63, 3.8) is 0 Å². The number of hydrogen-bond donors (Lipinski definition) is 0. The topological polar surface area (TPSA) is 30.9 Å². The molecule has 3 aromatic carbocycles. The molecule has 5 rings (SSSR count). The minimum Gasteiger partial charge on any atom is -0.490 e. The Labute approximate surface area is 296 Å². The Morgan fingerprint density at radius 3 is 1.64 bits per heavy atom. The van der Waals surface area contributed by atoms with E-state index in [-0.39, 0.29) is 60.5 Å². The third-order valence-corrected chi connectivity index (χ3v) is 8.19. The molecule has 2 aliphatic rings. The second kappa shape index (κ2) is 14.3. The summed E-state index contributed by atoms with van der Waals surface area (Å²) in [6.07, 6.45) is -3.53. The molecule has 3 aromatic rings. The van der Waals surface area contributed by atoms with Crippen LogP contribution >= 0.6 is 0 Å². The molecule has 2 heterocycles. The number of ether oxygens (including phenoxy) is 3. The van der Waals surface area contributed by atoms with Gasteiger partial charge in [0.1, 0.15) is 12.4 Å². The Bertz CT molecular complexity index is 1450. The Kier molecular flexibility index (Phi) is 12.4. The van der Waals surface area contributed by atoms with Gasteiger partial charge in [-0.25, -0.2) is 0 Å². The van der Waals surface area contributed by atoms with Crippen molar-refractivity contribution in [3.05, 3.63) is 81.4 Å². The summed E-state index contributed by atoms with van der Waals surface area (Å²) >= 11 is 0. The minimum atomic E-state index is -3.53. The van der Waals surface area contributed by atoms with Crippen LogP contribution in [0.5, 0.6) is 17.2 Å². The molecule has 0 amide bonds. The predicted molar refractivity (Wildman–Crippen MR) is 178 cm³/mol. The SMILES string of the molecule is CC(C)(C)c1ccc2c(c1)OC(F)(F)O2.CN1CCOc2cc(C(C)(C)C)ccc21.Cc1[c-]c(C)c(C)c(C(C)(C)C)c1C.[Y]. The Hall–Kier alpha value is -2.18. The molecule has 1 radical (unpaired) electrons. The molecule has 0 unspecified atom stereocenters. The maximum atomic E-state index is 12.7. The van der Waals surface area contributed by atoms with Gasteiger partial charge in [-0.3, -0.25) is 0 Å². The van der Waals surface area contributed by atoms with E-state index >= 15 is 0 Å². The van der Waals surface area contributed by atoms with Crippen LogP contribution in [0.15, 0.2) is 36.4 Å². The van der Waals surface area contributed by atoms with Crippen molar-refractivity contribution in [2.45, 2.75) is 113 Å². The van der Waals surface area contributed by atoms with E-state index < -0.39 is 6.29 Å². The van der Waals surface area contributed by atoms with Crippen molar-refractivity contribution < 1.29 is 55.7 Å².